The van der Waals surface area contributed by atoms with Crippen LogP contribution in [0.1, 0.15) is 18.4 Å². The van der Waals surface area contributed by atoms with E-state index in [0.29, 0.717) is 30.2 Å². The van der Waals surface area contributed by atoms with Gasteiger partial charge >= 0.3 is 0 Å². The van der Waals surface area contributed by atoms with Crippen molar-refractivity contribution in [2.45, 2.75) is 25.9 Å². The number of imidazole rings is 1. The molecule has 142 valence electrons. The number of hydrogen-bond donors (Lipinski definition) is 2. The maximum Gasteiger partial charge on any atom is 0.226 e. The zero-order valence-corrected chi connectivity index (χ0v) is 16.2. The van der Waals surface area contributed by atoms with Gasteiger partial charge in [0.15, 0.2) is 17.3 Å². The average molecular weight is 407 g/mol. The molecule has 0 unspecified atom stereocenters. The maximum atomic E-state index is 5.87. The molecule has 1 aromatic carbocycles. The first kappa shape index (κ1) is 19.3. The highest BCUT2D eigenvalue weighted by atomic mass is 35.5. The molecule has 27 heavy (non-hydrogen) atoms. The number of aromatic nitrogens is 4. The summed E-state index contributed by atoms with van der Waals surface area (Å²) in [5.41, 5.74) is 8.12. The van der Waals surface area contributed by atoms with Gasteiger partial charge in [-0.15, -0.1) is 0 Å². The van der Waals surface area contributed by atoms with Gasteiger partial charge < -0.3 is 20.4 Å². The molecule has 2 aromatic heterocycles. The van der Waals surface area contributed by atoms with Crippen LogP contribution in [0.25, 0.3) is 11.2 Å². The first-order chi connectivity index (χ1) is 13.0. The van der Waals surface area contributed by atoms with E-state index < -0.39 is 0 Å². The van der Waals surface area contributed by atoms with Crippen LogP contribution in [0, 0.1) is 0 Å². The summed E-state index contributed by atoms with van der Waals surface area (Å²) in [6, 6.07) is 7.63. The Morgan fingerprint density at radius 1 is 1.19 bits per heavy atom. The predicted octanol–water partition coefficient (Wildman–Crippen LogP) is 3.77. The Labute approximate surface area is 167 Å². The van der Waals surface area contributed by atoms with Gasteiger partial charge in [-0.1, -0.05) is 23.7 Å². The van der Waals surface area contributed by atoms with E-state index in [4.69, 9.17) is 33.7 Å². The van der Waals surface area contributed by atoms with Gasteiger partial charge in [0.1, 0.15) is 5.52 Å². The molecule has 3 rings (SSSR count). The van der Waals surface area contributed by atoms with E-state index in [2.05, 4.69) is 26.8 Å². The summed E-state index contributed by atoms with van der Waals surface area (Å²) >= 11 is 11.7. The third kappa shape index (κ3) is 5.24. The second-order valence-electron chi connectivity index (χ2n) is 5.95. The van der Waals surface area contributed by atoms with Crippen LogP contribution in [0.4, 0.5) is 5.82 Å². The standard InChI is InChI=1S/C18H20Cl2N6O/c1-12(22-10-13-4-6-14(19)7-5-13)27-9-3-2-8-26-11-23-15-16(21)24-18(20)25-17(15)26/h4-7,11,22H,1-3,8-10H2,(H2,21,24,25). The van der Waals surface area contributed by atoms with E-state index >= 15 is 0 Å². The second-order valence-corrected chi connectivity index (χ2v) is 6.72. The van der Waals surface area contributed by atoms with E-state index in [9.17, 15) is 0 Å². The smallest absolute Gasteiger partial charge is 0.226 e. The fourth-order valence-electron chi connectivity index (χ4n) is 2.54. The van der Waals surface area contributed by atoms with Gasteiger partial charge in [0.25, 0.3) is 0 Å². The highest BCUT2D eigenvalue weighted by molar-refractivity contribution is 6.30. The number of hydrogen-bond acceptors (Lipinski definition) is 6. The van der Waals surface area contributed by atoms with E-state index in [1.54, 1.807) is 6.33 Å². The Hall–Kier alpha value is -2.51. The Morgan fingerprint density at radius 2 is 1.96 bits per heavy atom. The molecule has 0 aliphatic carbocycles. The summed E-state index contributed by atoms with van der Waals surface area (Å²) in [5.74, 6) is 0.834. The second kappa shape index (κ2) is 8.92. The van der Waals surface area contributed by atoms with Crippen molar-refractivity contribution < 1.29 is 4.74 Å². The van der Waals surface area contributed by atoms with Crippen LogP contribution in [-0.2, 0) is 17.8 Å². The Bertz CT molecular complexity index is 925. The summed E-state index contributed by atoms with van der Waals surface area (Å²) in [7, 11) is 0. The number of benzene rings is 1. The summed E-state index contributed by atoms with van der Waals surface area (Å²) in [6.45, 7) is 5.81. The number of nitrogens with one attached hydrogen (secondary N) is 1. The molecule has 0 aliphatic rings. The molecule has 0 spiro atoms. The molecular formula is C18H20Cl2N6O. The van der Waals surface area contributed by atoms with Crippen molar-refractivity contribution in [3.63, 3.8) is 0 Å². The van der Waals surface area contributed by atoms with Crippen LogP contribution in [0.15, 0.2) is 43.1 Å². The van der Waals surface area contributed by atoms with Crippen LogP contribution in [0.5, 0.6) is 0 Å². The minimum Gasteiger partial charge on any atom is -0.480 e. The molecule has 0 fully saturated rings. The molecule has 0 aliphatic heterocycles. The van der Waals surface area contributed by atoms with Crippen molar-refractivity contribution >= 4 is 40.2 Å². The monoisotopic (exact) mass is 406 g/mol. The first-order valence-corrected chi connectivity index (χ1v) is 9.22. The molecule has 3 aromatic rings. The molecule has 0 amide bonds. The molecule has 0 saturated heterocycles. The molecule has 3 N–H and O–H groups in total. The van der Waals surface area contributed by atoms with Crippen molar-refractivity contribution in [1.29, 1.82) is 0 Å². The van der Waals surface area contributed by atoms with Crippen molar-refractivity contribution in [2.24, 2.45) is 0 Å². The van der Waals surface area contributed by atoms with Crippen molar-refractivity contribution in [2.75, 3.05) is 12.3 Å². The van der Waals surface area contributed by atoms with Gasteiger partial charge in [-0.25, -0.2) is 4.98 Å². The van der Waals surface area contributed by atoms with Crippen LogP contribution in [0.2, 0.25) is 10.3 Å². The van der Waals surface area contributed by atoms with Crippen LogP contribution < -0.4 is 11.1 Å². The van der Waals surface area contributed by atoms with Crippen molar-refractivity contribution in [1.82, 2.24) is 24.8 Å². The predicted molar refractivity (Wildman–Crippen MR) is 107 cm³/mol. The zero-order chi connectivity index (χ0) is 19.2. The SMILES string of the molecule is C=C(NCc1ccc(Cl)cc1)OCCCCn1cnc2c(N)nc(Cl)nc21. The molecule has 9 heteroatoms. The van der Waals surface area contributed by atoms with Gasteiger partial charge in [-0.3, -0.25) is 0 Å². The van der Waals surface area contributed by atoms with E-state index in [1.807, 2.05) is 28.8 Å². The largest absolute Gasteiger partial charge is 0.480 e. The number of rotatable bonds is 9. The number of ether oxygens (including phenoxy) is 1. The van der Waals surface area contributed by atoms with Crippen LogP contribution in [0.3, 0.4) is 0 Å². The number of fused-ring (bicyclic) bond motifs is 1. The Balaban J connectivity index is 1.38. The molecule has 0 radical (unpaired) electrons. The lowest BCUT2D eigenvalue weighted by atomic mass is 10.2. The summed E-state index contributed by atoms with van der Waals surface area (Å²) < 4.78 is 7.52. The van der Waals surface area contributed by atoms with Gasteiger partial charge in [0, 0.05) is 18.1 Å². The molecule has 7 nitrogen and oxygen atoms in total. The molecule has 2 heterocycles. The maximum absolute atomic E-state index is 5.87. The van der Waals surface area contributed by atoms with Gasteiger partial charge in [0.2, 0.25) is 5.28 Å². The fourth-order valence-corrected chi connectivity index (χ4v) is 2.83. The van der Waals surface area contributed by atoms with Gasteiger partial charge in [0.05, 0.1) is 12.9 Å². The van der Waals surface area contributed by atoms with Gasteiger partial charge in [-0.05, 0) is 48.7 Å². The Kier molecular flexibility index (Phi) is 6.36. The molecule has 0 bridgehead atoms. The average Bonchev–Trinajstić information content (AvgIpc) is 3.04. The third-order valence-corrected chi connectivity index (χ3v) is 4.36. The summed E-state index contributed by atoms with van der Waals surface area (Å²) in [4.78, 5) is 12.3. The van der Waals surface area contributed by atoms with Crippen molar-refractivity contribution in [3.05, 3.63) is 58.9 Å². The molecule has 0 saturated carbocycles. The third-order valence-electron chi connectivity index (χ3n) is 3.94. The van der Waals surface area contributed by atoms with Crippen LogP contribution in [-0.4, -0.2) is 26.1 Å². The number of anilines is 1. The lowest BCUT2D eigenvalue weighted by molar-refractivity contribution is 0.185. The number of unbranched alkanes of at least 4 members (excludes halogenated alkanes) is 1. The normalized spacial score (nSPS) is 10.9. The first-order valence-electron chi connectivity index (χ1n) is 8.47. The summed E-state index contributed by atoms with van der Waals surface area (Å²) in [5, 5.41) is 3.98. The Morgan fingerprint density at radius 3 is 2.74 bits per heavy atom. The van der Waals surface area contributed by atoms with Crippen molar-refractivity contribution in [3.8, 4) is 0 Å². The molecule has 0 atom stereocenters. The van der Waals surface area contributed by atoms with Crippen LogP contribution >= 0.6 is 23.2 Å². The molecular weight excluding hydrogens is 387 g/mol. The number of nitrogens with zero attached hydrogens (tertiary/aromatic N) is 4. The number of aryl methyl sites for hydroxylation is 1. The number of nitrogen functional groups attached to an aromatic ring is 1. The topological polar surface area (TPSA) is 90.9 Å². The zero-order valence-electron chi connectivity index (χ0n) is 14.7. The van der Waals surface area contributed by atoms with Gasteiger partial charge in [-0.2, -0.15) is 9.97 Å². The van der Waals surface area contributed by atoms with E-state index in [0.717, 1.165) is 30.0 Å². The lowest BCUT2D eigenvalue weighted by Gasteiger charge is -2.12. The minimum atomic E-state index is 0.119. The highest BCUT2D eigenvalue weighted by Crippen LogP contribution is 2.18. The fraction of sp³-hybridized carbons (Fsp3) is 0.278. The quantitative estimate of drug-likeness (QED) is 0.319. The van der Waals surface area contributed by atoms with E-state index in [-0.39, 0.29) is 11.1 Å². The summed E-state index contributed by atoms with van der Waals surface area (Å²) in [6.07, 6.45) is 3.44. The number of nitrogens with two attached hydrogens (primary N) is 1. The minimum absolute atomic E-state index is 0.119. The number of halogens is 2. The highest BCUT2D eigenvalue weighted by Gasteiger charge is 2.10. The lowest BCUT2D eigenvalue weighted by Crippen LogP contribution is -2.15. The van der Waals surface area contributed by atoms with E-state index in [1.165, 1.54) is 0 Å².